The maximum Gasteiger partial charge on any atom is 0.271 e. The van der Waals surface area contributed by atoms with Crippen LogP contribution in [0.4, 0.5) is 11.4 Å². The van der Waals surface area contributed by atoms with Crippen LogP contribution in [-0.4, -0.2) is 29.5 Å². The van der Waals surface area contributed by atoms with Crippen molar-refractivity contribution in [2.45, 2.75) is 12.8 Å². The van der Waals surface area contributed by atoms with Gasteiger partial charge >= 0.3 is 0 Å². The van der Waals surface area contributed by atoms with Crippen molar-refractivity contribution >= 4 is 29.4 Å². The number of nitrogens with zero attached hydrogens (tertiary/aromatic N) is 3. The summed E-state index contributed by atoms with van der Waals surface area (Å²) in [5, 5.41) is 26.1. The van der Waals surface area contributed by atoms with Gasteiger partial charge in [0.25, 0.3) is 11.6 Å². The number of benzene rings is 2. The molecule has 9 heteroatoms. The van der Waals surface area contributed by atoms with Gasteiger partial charge in [-0.1, -0.05) is 17.9 Å². The molecule has 138 valence electrons. The van der Waals surface area contributed by atoms with E-state index in [9.17, 15) is 24.8 Å². The number of nitro groups is 1. The number of carbonyl (C=O) groups excluding carboxylic acids is 2. The fraction of sp³-hybridized carbons (Fsp3) is 0.167. The van der Waals surface area contributed by atoms with Crippen molar-refractivity contribution in [2.75, 3.05) is 11.4 Å². The lowest BCUT2D eigenvalue weighted by molar-refractivity contribution is -0.385. The van der Waals surface area contributed by atoms with Gasteiger partial charge in [0.1, 0.15) is 0 Å². The minimum atomic E-state index is -0.624. The first-order valence-electron chi connectivity index (χ1n) is 8.15. The maximum atomic E-state index is 12.2. The molecule has 0 atom stereocenters. The molecule has 9 nitrogen and oxygen atoms in total. The second-order valence-corrected chi connectivity index (χ2v) is 5.88. The number of amides is 2. The number of non-ortho nitro benzene ring substituents is 1. The molecule has 2 amide bonds. The molecule has 27 heavy (non-hydrogen) atoms. The highest BCUT2D eigenvalue weighted by atomic mass is 16.6. The highest BCUT2D eigenvalue weighted by Crippen LogP contribution is 2.22. The molecule has 1 saturated heterocycles. The van der Waals surface area contributed by atoms with Gasteiger partial charge in [-0.25, -0.2) is 5.43 Å². The van der Waals surface area contributed by atoms with E-state index >= 15 is 0 Å². The van der Waals surface area contributed by atoms with Gasteiger partial charge in [-0.2, -0.15) is 5.10 Å². The number of hydrogen-bond donors (Lipinski definition) is 1. The van der Waals surface area contributed by atoms with Crippen LogP contribution in [0.15, 0.2) is 47.6 Å². The molecule has 0 bridgehead atoms. The number of hydrogen-bond acceptors (Lipinski definition) is 6. The molecule has 1 N–H and O–H groups in total. The first-order valence-corrected chi connectivity index (χ1v) is 8.15. The van der Waals surface area contributed by atoms with E-state index in [1.165, 1.54) is 0 Å². The average Bonchev–Trinajstić information content (AvgIpc) is 3.09. The van der Waals surface area contributed by atoms with Gasteiger partial charge in [0.2, 0.25) is 5.91 Å². The third kappa shape index (κ3) is 4.09. The van der Waals surface area contributed by atoms with E-state index in [1.807, 2.05) is 0 Å². The summed E-state index contributed by atoms with van der Waals surface area (Å²) in [5.74, 6) is -0.968. The lowest BCUT2D eigenvalue weighted by Crippen LogP contribution is -2.24. The van der Waals surface area contributed by atoms with Gasteiger partial charge in [-0.15, -0.1) is 0 Å². The molecule has 2 aromatic rings. The van der Waals surface area contributed by atoms with Crippen LogP contribution in [0.1, 0.15) is 28.8 Å². The van der Waals surface area contributed by atoms with Crippen LogP contribution in [0.25, 0.3) is 0 Å². The number of hydrazone groups is 1. The highest BCUT2D eigenvalue weighted by molar-refractivity contribution is 5.99. The summed E-state index contributed by atoms with van der Waals surface area (Å²) in [6.07, 6.45) is 2.32. The summed E-state index contributed by atoms with van der Waals surface area (Å²) in [5.41, 5.74) is 2.94. The molecule has 1 fully saturated rings. The standard InChI is InChI=1S/C18H16N4O5/c23-16-7-6-15(22(26)27)10-13(16)11-19-20-18(25)12-3-1-4-14(9-12)21-8-2-5-17(21)24/h1,3-4,6-7,9-11,23H,2,5,8H2,(H,20,25)/p-1. The second kappa shape index (κ2) is 7.65. The Morgan fingerprint density at radius 3 is 2.78 bits per heavy atom. The third-order valence-corrected chi connectivity index (χ3v) is 4.07. The smallest absolute Gasteiger partial charge is 0.271 e. The number of carbonyl (C=O) groups is 2. The summed E-state index contributed by atoms with van der Waals surface area (Å²) in [4.78, 5) is 35.8. The van der Waals surface area contributed by atoms with E-state index in [0.717, 1.165) is 30.8 Å². The Morgan fingerprint density at radius 2 is 2.07 bits per heavy atom. The summed E-state index contributed by atoms with van der Waals surface area (Å²) in [6, 6.07) is 9.81. The maximum absolute atomic E-state index is 12.2. The van der Waals surface area contributed by atoms with Crippen molar-refractivity contribution in [3.8, 4) is 5.75 Å². The molecule has 0 saturated carbocycles. The Balaban J connectivity index is 1.71. The third-order valence-electron chi connectivity index (χ3n) is 4.07. The zero-order valence-electron chi connectivity index (χ0n) is 14.1. The Bertz CT molecular complexity index is 941. The van der Waals surface area contributed by atoms with Crippen LogP contribution in [0.3, 0.4) is 0 Å². The summed E-state index contributed by atoms with van der Waals surface area (Å²) >= 11 is 0. The number of nitrogens with one attached hydrogen (secondary N) is 1. The largest absolute Gasteiger partial charge is 0.872 e. The van der Waals surface area contributed by atoms with Gasteiger partial charge in [0.05, 0.1) is 11.1 Å². The molecule has 0 unspecified atom stereocenters. The molecule has 1 aliphatic heterocycles. The van der Waals surface area contributed by atoms with Gasteiger partial charge < -0.3 is 10.0 Å². The first-order chi connectivity index (χ1) is 13.0. The van der Waals surface area contributed by atoms with Crippen LogP contribution in [0.5, 0.6) is 5.75 Å². The SMILES string of the molecule is O=C(NN=Cc1cc([N+](=O)[O-])ccc1[O-])c1cccc(N2CCCC2=O)c1. The molecule has 0 aromatic heterocycles. The van der Waals surface area contributed by atoms with E-state index in [-0.39, 0.29) is 17.2 Å². The normalized spacial score (nSPS) is 13.9. The van der Waals surface area contributed by atoms with E-state index in [1.54, 1.807) is 29.2 Å². The second-order valence-electron chi connectivity index (χ2n) is 5.88. The molecule has 0 spiro atoms. The van der Waals surface area contributed by atoms with E-state index in [2.05, 4.69) is 10.5 Å². The van der Waals surface area contributed by atoms with Crippen LogP contribution in [0.2, 0.25) is 0 Å². The molecule has 3 rings (SSSR count). The van der Waals surface area contributed by atoms with Gasteiger partial charge in [-0.05, 0) is 30.2 Å². The molecule has 1 aliphatic rings. The fourth-order valence-corrected chi connectivity index (χ4v) is 2.71. The minimum Gasteiger partial charge on any atom is -0.872 e. The lowest BCUT2D eigenvalue weighted by atomic mass is 10.2. The Kier molecular flexibility index (Phi) is 5.11. The number of anilines is 1. The van der Waals surface area contributed by atoms with Crippen molar-refractivity contribution in [1.82, 2.24) is 5.43 Å². The molecule has 2 aromatic carbocycles. The number of nitro benzene ring substituents is 1. The van der Waals surface area contributed by atoms with Crippen LogP contribution in [0, 0.1) is 10.1 Å². The van der Waals surface area contributed by atoms with Crippen molar-refractivity contribution in [3.63, 3.8) is 0 Å². The van der Waals surface area contributed by atoms with Gasteiger partial charge in [-0.3, -0.25) is 19.7 Å². The van der Waals surface area contributed by atoms with Crippen molar-refractivity contribution in [2.24, 2.45) is 5.10 Å². The zero-order valence-corrected chi connectivity index (χ0v) is 14.1. The summed E-state index contributed by atoms with van der Waals surface area (Å²) in [7, 11) is 0. The van der Waals surface area contributed by atoms with Crippen molar-refractivity contribution in [1.29, 1.82) is 0 Å². The summed E-state index contributed by atoms with van der Waals surface area (Å²) < 4.78 is 0. The fourth-order valence-electron chi connectivity index (χ4n) is 2.71. The monoisotopic (exact) mass is 367 g/mol. The van der Waals surface area contributed by atoms with E-state index < -0.39 is 16.6 Å². The molecular formula is C18H15N4O5-. The van der Waals surface area contributed by atoms with E-state index in [0.29, 0.717) is 24.2 Å². The van der Waals surface area contributed by atoms with Crippen LogP contribution >= 0.6 is 0 Å². The first kappa shape index (κ1) is 18.1. The highest BCUT2D eigenvalue weighted by Gasteiger charge is 2.22. The quantitative estimate of drug-likeness (QED) is 0.487. The minimum absolute atomic E-state index is 0.0130. The van der Waals surface area contributed by atoms with Crippen molar-refractivity contribution in [3.05, 3.63) is 63.7 Å². The topological polar surface area (TPSA) is 128 Å². The molecule has 0 radical (unpaired) electrons. The summed E-state index contributed by atoms with van der Waals surface area (Å²) in [6.45, 7) is 0.612. The van der Waals surface area contributed by atoms with Gasteiger partial charge in [0, 0.05) is 36.3 Å². The Hall–Kier alpha value is -3.75. The Morgan fingerprint density at radius 1 is 1.26 bits per heavy atom. The molecule has 0 aliphatic carbocycles. The average molecular weight is 367 g/mol. The molecule has 1 heterocycles. The van der Waals surface area contributed by atoms with Crippen molar-refractivity contribution < 1.29 is 19.6 Å². The predicted molar refractivity (Wildman–Crippen MR) is 95.6 cm³/mol. The van der Waals surface area contributed by atoms with Crippen LogP contribution in [-0.2, 0) is 4.79 Å². The zero-order chi connectivity index (χ0) is 19.4. The van der Waals surface area contributed by atoms with E-state index in [4.69, 9.17) is 0 Å². The predicted octanol–water partition coefficient (Wildman–Crippen LogP) is 1.56. The molecular weight excluding hydrogens is 352 g/mol. The van der Waals surface area contributed by atoms with Gasteiger partial charge in [0.15, 0.2) is 0 Å². The van der Waals surface area contributed by atoms with Crippen LogP contribution < -0.4 is 15.4 Å². The Labute approximate surface area is 154 Å². The number of rotatable bonds is 5. The lowest BCUT2D eigenvalue weighted by Gasteiger charge is -2.16.